The molecular formula is C17H26FN3O2. The zero-order chi connectivity index (χ0) is 17.0. The smallest absolute Gasteiger partial charge is 0.226 e. The van der Waals surface area contributed by atoms with Crippen LogP contribution in [0.4, 0.5) is 4.39 Å². The third kappa shape index (κ3) is 4.19. The van der Waals surface area contributed by atoms with Gasteiger partial charge >= 0.3 is 0 Å². The summed E-state index contributed by atoms with van der Waals surface area (Å²) in [4.78, 5) is 14.1. The highest BCUT2D eigenvalue weighted by atomic mass is 19.1. The SMILES string of the molecule is CCOCn1nc(C)c(CC(C)C(=O)N2CCC=C(F)C2)c1C. The maximum absolute atomic E-state index is 13.4. The van der Waals surface area contributed by atoms with Crippen LogP contribution >= 0.6 is 0 Å². The zero-order valence-corrected chi connectivity index (χ0v) is 14.4. The Hall–Kier alpha value is -1.69. The van der Waals surface area contributed by atoms with Crippen molar-refractivity contribution in [3.05, 3.63) is 28.9 Å². The Balaban J connectivity index is 2.05. The van der Waals surface area contributed by atoms with Crippen molar-refractivity contribution in [1.29, 1.82) is 0 Å². The van der Waals surface area contributed by atoms with Crippen LogP contribution in [0.25, 0.3) is 0 Å². The van der Waals surface area contributed by atoms with Crippen LogP contribution in [-0.2, 0) is 22.7 Å². The summed E-state index contributed by atoms with van der Waals surface area (Å²) in [5, 5.41) is 4.48. The molecule has 2 heterocycles. The summed E-state index contributed by atoms with van der Waals surface area (Å²) in [6, 6.07) is 0. The molecule has 2 rings (SSSR count). The van der Waals surface area contributed by atoms with E-state index >= 15 is 0 Å². The molecule has 23 heavy (non-hydrogen) atoms. The maximum atomic E-state index is 13.4. The van der Waals surface area contributed by atoms with Crippen LogP contribution in [0.2, 0.25) is 0 Å². The number of hydrogen-bond donors (Lipinski definition) is 0. The number of amides is 1. The molecule has 0 bridgehead atoms. The number of hydrogen-bond acceptors (Lipinski definition) is 3. The minimum Gasteiger partial charge on any atom is -0.360 e. The van der Waals surface area contributed by atoms with Crippen molar-refractivity contribution in [3.63, 3.8) is 0 Å². The monoisotopic (exact) mass is 323 g/mol. The summed E-state index contributed by atoms with van der Waals surface area (Å²) in [5.41, 5.74) is 3.03. The van der Waals surface area contributed by atoms with Crippen molar-refractivity contribution >= 4 is 5.91 Å². The average molecular weight is 323 g/mol. The van der Waals surface area contributed by atoms with E-state index in [4.69, 9.17) is 4.74 Å². The third-order valence-electron chi connectivity index (χ3n) is 4.30. The van der Waals surface area contributed by atoms with E-state index in [1.165, 1.54) is 0 Å². The molecule has 0 fully saturated rings. The lowest BCUT2D eigenvalue weighted by Gasteiger charge is -2.27. The zero-order valence-electron chi connectivity index (χ0n) is 14.4. The average Bonchev–Trinajstić information content (AvgIpc) is 2.79. The third-order valence-corrected chi connectivity index (χ3v) is 4.30. The first-order chi connectivity index (χ1) is 10.9. The van der Waals surface area contributed by atoms with Crippen LogP contribution in [0, 0.1) is 19.8 Å². The first-order valence-electron chi connectivity index (χ1n) is 8.18. The van der Waals surface area contributed by atoms with E-state index < -0.39 is 0 Å². The lowest BCUT2D eigenvalue weighted by molar-refractivity contribution is -0.135. The summed E-state index contributed by atoms with van der Waals surface area (Å²) in [5.74, 6) is -0.402. The molecular weight excluding hydrogens is 297 g/mol. The lowest BCUT2D eigenvalue weighted by Crippen LogP contribution is -2.39. The standard InChI is InChI=1S/C17H26FN3O2/c1-5-23-11-21-14(4)16(13(3)19-21)9-12(2)17(22)20-8-6-7-15(18)10-20/h7,12H,5-6,8-11H2,1-4H3. The van der Waals surface area contributed by atoms with Gasteiger partial charge in [0.05, 0.1) is 12.2 Å². The molecule has 128 valence electrons. The lowest BCUT2D eigenvalue weighted by atomic mass is 9.98. The Bertz CT molecular complexity index is 595. The largest absolute Gasteiger partial charge is 0.360 e. The molecule has 0 N–H and O–H groups in total. The van der Waals surface area contributed by atoms with Crippen LogP contribution in [-0.4, -0.2) is 40.3 Å². The van der Waals surface area contributed by atoms with Crippen molar-refractivity contribution in [1.82, 2.24) is 14.7 Å². The number of nitrogens with zero attached hydrogens (tertiary/aromatic N) is 3. The van der Waals surface area contributed by atoms with Gasteiger partial charge in [-0.15, -0.1) is 0 Å². The van der Waals surface area contributed by atoms with Crippen molar-refractivity contribution < 1.29 is 13.9 Å². The van der Waals surface area contributed by atoms with Gasteiger partial charge in [0.1, 0.15) is 12.6 Å². The Morgan fingerprint density at radius 1 is 1.48 bits per heavy atom. The Morgan fingerprint density at radius 2 is 2.22 bits per heavy atom. The van der Waals surface area contributed by atoms with Crippen LogP contribution in [0.3, 0.4) is 0 Å². The second-order valence-electron chi connectivity index (χ2n) is 6.08. The van der Waals surface area contributed by atoms with E-state index in [-0.39, 0.29) is 24.2 Å². The molecule has 0 aliphatic carbocycles. The van der Waals surface area contributed by atoms with E-state index in [0.29, 0.717) is 32.7 Å². The second kappa shape index (κ2) is 7.73. The van der Waals surface area contributed by atoms with Crippen LogP contribution in [0.1, 0.15) is 37.2 Å². The molecule has 5 nitrogen and oxygen atoms in total. The second-order valence-corrected chi connectivity index (χ2v) is 6.08. The maximum Gasteiger partial charge on any atom is 0.226 e. The van der Waals surface area contributed by atoms with Gasteiger partial charge in [-0.3, -0.25) is 4.79 Å². The van der Waals surface area contributed by atoms with Crippen molar-refractivity contribution in [2.45, 2.75) is 47.3 Å². The summed E-state index contributed by atoms with van der Waals surface area (Å²) in [6.45, 7) is 9.55. The van der Waals surface area contributed by atoms with Crippen LogP contribution < -0.4 is 0 Å². The fraction of sp³-hybridized carbons (Fsp3) is 0.647. The summed E-state index contributed by atoms with van der Waals surface area (Å²) in [7, 11) is 0. The predicted molar refractivity (Wildman–Crippen MR) is 86.6 cm³/mol. The highest BCUT2D eigenvalue weighted by molar-refractivity contribution is 5.79. The van der Waals surface area contributed by atoms with Gasteiger partial charge in [0, 0.05) is 24.8 Å². The minimum atomic E-state index is -0.214. The highest BCUT2D eigenvalue weighted by Crippen LogP contribution is 2.21. The summed E-state index contributed by atoms with van der Waals surface area (Å²) >= 11 is 0. The van der Waals surface area contributed by atoms with Crippen molar-refractivity contribution in [2.75, 3.05) is 19.7 Å². The topological polar surface area (TPSA) is 47.4 Å². The van der Waals surface area contributed by atoms with Gasteiger partial charge in [-0.25, -0.2) is 9.07 Å². The molecule has 1 amide bonds. The first-order valence-corrected chi connectivity index (χ1v) is 8.18. The summed E-state index contributed by atoms with van der Waals surface area (Å²) in [6.07, 6.45) is 2.76. The van der Waals surface area contributed by atoms with E-state index in [9.17, 15) is 9.18 Å². The van der Waals surface area contributed by atoms with Crippen LogP contribution in [0.5, 0.6) is 0 Å². The number of aryl methyl sites for hydroxylation is 1. The molecule has 0 saturated carbocycles. The van der Waals surface area contributed by atoms with Gasteiger partial charge in [0.2, 0.25) is 5.91 Å². The molecule has 1 atom stereocenters. The summed E-state index contributed by atoms with van der Waals surface area (Å²) < 4.78 is 20.6. The van der Waals surface area contributed by atoms with Crippen LogP contribution in [0.15, 0.2) is 11.9 Å². The molecule has 0 saturated heterocycles. The Kier molecular flexibility index (Phi) is 5.93. The number of carbonyl (C=O) groups excluding carboxylic acids is 1. The fourth-order valence-electron chi connectivity index (χ4n) is 2.93. The molecule has 6 heteroatoms. The Labute approximate surface area is 137 Å². The van der Waals surface area contributed by atoms with Gasteiger partial charge in [0.15, 0.2) is 0 Å². The number of halogens is 1. The van der Waals surface area contributed by atoms with E-state index in [1.807, 2.05) is 32.4 Å². The predicted octanol–water partition coefficient (Wildman–Crippen LogP) is 2.76. The van der Waals surface area contributed by atoms with E-state index in [0.717, 1.165) is 17.0 Å². The molecule has 1 aliphatic rings. The van der Waals surface area contributed by atoms with E-state index in [1.54, 1.807) is 11.0 Å². The normalized spacial score (nSPS) is 16.4. The minimum absolute atomic E-state index is 0.00427. The Morgan fingerprint density at radius 3 is 2.87 bits per heavy atom. The number of carbonyl (C=O) groups is 1. The first kappa shape index (κ1) is 17.7. The number of aromatic nitrogens is 2. The molecule has 0 radical (unpaired) electrons. The van der Waals surface area contributed by atoms with Gasteiger partial charge in [-0.2, -0.15) is 5.10 Å². The van der Waals surface area contributed by atoms with Gasteiger partial charge in [-0.1, -0.05) is 6.92 Å². The number of ether oxygens (including phenoxy) is 1. The molecule has 1 aromatic heterocycles. The van der Waals surface area contributed by atoms with Gasteiger partial charge in [0.25, 0.3) is 0 Å². The van der Waals surface area contributed by atoms with Gasteiger partial charge < -0.3 is 9.64 Å². The molecule has 0 spiro atoms. The van der Waals surface area contributed by atoms with E-state index in [2.05, 4.69) is 5.10 Å². The molecule has 0 aromatic carbocycles. The fourth-order valence-corrected chi connectivity index (χ4v) is 2.93. The highest BCUT2D eigenvalue weighted by Gasteiger charge is 2.25. The number of rotatable bonds is 6. The van der Waals surface area contributed by atoms with Gasteiger partial charge in [-0.05, 0) is 45.3 Å². The van der Waals surface area contributed by atoms with Crippen molar-refractivity contribution in [3.8, 4) is 0 Å². The molecule has 1 aromatic rings. The molecule has 1 unspecified atom stereocenters. The quantitative estimate of drug-likeness (QED) is 0.809. The molecule has 1 aliphatic heterocycles. The van der Waals surface area contributed by atoms with Crippen molar-refractivity contribution in [2.24, 2.45) is 5.92 Å².